The predicted molar refractivity (Wildman–Crippen MR) is 177 cm³/mol. The molecular weight excluding hydrogens is 640 g/mol. The van der Waals surface area contributed by atoms with E-state index in [4.69, 9.17) is 14.6 Å². The molecule has 48 heavy (non-hydrogen) atoms. The number of nitrogens with zero attached hydrogens (tertiary/aromatic N) is 7. The molecule has 10 nitrogen and oxygen atoms in total. The summed E-state index contributed by atoms with van der Waals surface area (Å²) in [6.07, 6.45) is 5.98. The third-order valence-corrected chi connectivity index (χ3v) is 11.2. The monoisotopic (exact) mass is 681 g/mol. The maximum atomic E-state index is 13.3. The molecule has 6 rings (SSSR count). The first-order valence-corrected chi connectivity index (χ1v) is 20.1. The summed E-state index contributed by atoms with van der Waals surface area (Å²) in [4.78, 5) is 10.6. The molecule has 1 aliphatic carbocycles. The lowest BCUT2D eigenvalue weighted by molar-refractivity contribution is -0.141. The maximum absolute atomic E-state index is 13.3. The van der Waals surface area contributed by atoms with Crippen LogP contribution in [-0.2, 0) is 29.8 Å². The Bertz CT molecular complexity index is 1760. The van der Waals surface area contributed by atoms with E-state index in [2.05, 4.69) is 46.6 Å². The fourth-order valence-corrected chi connectivity index (χ4v) is 7.49. The third-order valence-electron chi connectivity index (χ3n) is 9.52. The Kier molecular flexibility index (Phi) is 9.68. The van der Waals surface area contributed by atoms with E-state index in [1.165, 1.54) is 6.07 Å². The molecule has 0 bridgehead atoms. The van der Waals surface area contributed by atoms with E-state index in [9.17, 15) is 23.5 Å². The molecule has 0 radical (unpaired) electrons. The topological polar surface area (TPSA) is 114 Å². The number of piperidine rings is 1. The number of halogens is 3. The van der Waals surface area contributed by atoms with Crippen molar-refractivity contribution in [2.75, 3.05) is 19.7 Å². The van der Waals surface area contributed by atoms with Gasteiger partial charge >= 0.3 is 6.18 Å². The van der Waals surface area contributed by atoms with Crippen LogP contribution in [0.15, 0.2) is 49.1 Å². The van der Waals surface area contributed by atoms with E-state index in [0.29, 0.717) is 26.0 Å². The summed E-state index contributed by atoms with van der Waals surface area (Å²) in [6.45, 7) is 9.11. The molecule has 0 unspecified atom stereocenters. The molecule has 1 saturated heterocycles. The Hall–Kier alpha value is -3.77. The second-order valence-electron chi connectivity index (χ2n) is 14.2. The van der Waals surface area contributed by atoms with Crippen LogP contribution in [-0.4, -0.2) is 74.2 Å². The van der Waals surface area contributed by atoms with Crippen molar-refractivity contribution in [3.63, 3.8) is 0 Å². The van der Waals surface area contributed by atoms with Crippen LogP contribution in [0, 0.1) is 11.3 Å². The van der Waals surface area contributed by atoms with Crippen LogP contribution in [0.2, 0.25) is 25.7 Å². The number of rotatable bonds is 12. The van der Waals surface area contributed by atoms with Gasteiger partial charge in [0, 0.05) is 69.4 Å². The van der Waals surface area contributed by atoms with Crippen LogP contribution in [0.3, 0.4) is 0 Å². The van der Waals surface area contributed by atoms with Crippen molar-refractivity contribution in [1.29, 1.82) is 5.26 Å². The van der Waals surface area contributed by atoms with Crippen molar-refractivity contribution < 1.29 is 27.8 Å². The van der Waals surface area contributed by atoms with Crippen LogP contribution < -0.4 is 4.74 Å². The number of aliphatic hydroxyl groups is 1. The van der Waals surface area contributed by atoms with Crippen LogP contribution in [0.5, 0.6) is 5.88 Å². The first kappa shape index (κ1) is 34.1. The average Bonchev–Trinajstić information content (AvgIpc) is 3.68. The number of ether oxygens (including phenoxy) is 2. The first-order chi connectivity index (χ1) is 22.9. The van der Waals surface area contributed by atoms with Gasteiger partial charge < -0.3 is 19.1 Å². The summed E-state index contributed by atoms with van der Waals surface area (Å²) in [7, 11) is -1.17. The number of aliphatic hydroxyl groups excluding tert-OH is 1. The van der Waals surface area contributed by atoms with Gasteiger partial charge in [-0.2, -0.15) is 23.5 Å². The quantitative estimate of drug-likeness (QED) is 0.134. The molecule has 0 amide bonds. The fourth-order valence-electron chi connectivity index (χ4n) is 6.73. The van der Waals surface area contributed by atoms with Crippen molar-refractivity contribution in [3.8, 4) is 23.1 Å². The third kappa shape index (κ3) is 7.44. The molecule has 0 aromatic carbocycles. The van der Waals surface area contributed by atoms with Crippen molar-refractivity contribution in [1.82, 2.24) is 29.2 Å². The van der Waals surface area contributed by atoms with Gasteiger partial charge in [-0.05, 0) is 61.1 Å². The van der Waals surface area contributed by atoms with Crippen molar-refractivity contribution in [2.24, 2.45) is 0 Å². The number of nitriles is 1. The van der Waals surface area contributed by atoms with E-state index >= 15 is 0 Å². The van der Waals surface area contributed by atoms with E-state index < -0.39 is 32.1 Å². The van der Waals surface area contributed by atoms with Gasteiger partial charge in [0.05, 0.1) is 30.8 Å². The number of aromatic nitrogens is 5. The van der Waals surface area contributed by atoms with Gasteiger partial charge in [-0.3, -0.25) is 9.58 Å². The predicted octanol–water partition coefficient (Wildman–Crippen LogP) is 6.43. The van der Waals surface area contributed by atoms with Crippen LogP contribution in [0.25, 0.3) is 22.2 Å². The van der Waals surface area contributed by atoms with Gasteiger partial charge in [-0.1, -0.05) is 19.6 Å². The molecule has 4 aromatic heterocycles. The molecule has 1 N–H and O–H groups in total. The van der Waals surface area contributed by atoms with Gasteiger partial charge in [0.1, 0.15) is 24.2 Å². The summed E-state index contributed by atoms with van der Waals surface area (Å²) in [5.41, 5.74) is 1.48. The fraction of sp³-hybridized carbons (Fsp3) is 0.529. The summed E-state index contributed by atoms with van der Waals surface area (Å²) >= 11 is 0. The lowest BCUT2D eigenvalue weighted by Gasteiger charge is -2.52. The first-order valence-electron chi connectivity index (χ1n) is 16.4. The minimum absolute atomic E-state index is 0.111. The van der Waals surface area contributed by atoms with Crippen molar-refractivity contribution in [2.45, 2.75) is 95.0 Å². The standard InChI is InChI=1S/C34H42F3N7O3Si/c1-48(2,3)15-14-46-23-43-13-7-29-28(4-10-39-32(29)43)25-20-40-44(21-25)33(8-9-38)18-26(19-33)42-11-5-27(6-12-42)47-31-17-24(22-45)16-30(41-31)34(35,36)37/h4,7,10,13,16-17,20-21,26-27,45H,5-6,8,11-12,14-15,18-19,22-23H2,1-3H3/t26-,33+. The highest BCUT2D eigenvalue weighted by Gasteiger charge is 2.49. The van der Waals surface area contributed by atoms with Gasteiger partial charge in [0.2, 0.25) is 5.88 Å². The smallest absolute Gasteiger partial charge is 0.433 e. The van der Waals surface area contributed by atoms with Gasteiger partial charge in [0.15, 0.2) is 0 Å². The summed E-state index contributed by atoms with van der Waals surface area (Å²) in [5, 5.41) is 25.0. The summed E-state index contributed by atoms with van der Waals surface area (Å²) < 4.78 is 55.6. The number of hydrogen-bond donors (Lipinski definition) is 1. The van der Waals surface area contributed by atoms with Gasteiger partial charge in [-0.15, -0.1) is 0 Å². The van der Waals surface area contributed by atoms with Gasteiger partial charge in [0.25, 0.3) is 0 Å². The molecule has 2 fully saturated rings. The van der Waals surface area contributed by atoms with E-state index in [1.54, 1.807) is 6.20 Å². The lowest BCUT2D eigenvalue weighted by Crippen LogP contribution is -2.58. The molecule has 14 heteroatoms. The number of pyridine rings is 2. The number of hydrogen-bond acceptors (Lipinski definition) is 8. The molecule has 5 heterocycles. The zero-order chi connectivity index (χ0) is 34.1. The van der Waals surface area contributed by atoms with E-state index in [-0.39, 0.29) is 23.6 Å². The lowest BCUT2D eigenvalue weighted by atomic mass is 9.69. The highest BCUT2D eigenvalue weighted by atomic mass is 28.3. The van der Waals surface area contributed by atoms with Crippen LogP contribution >= 0.6 is 0 Å². The van der Waals surface area contributed by atoms with E-state index in [1.807, 2.05) is 33.9 Å². The molecule has 1 aliphatic heterocycles. The molecule has 4 aromatic rings. The largest absolute Gasteiger partial charge is 0.474 e. The Morgan fingerprint density at radius 3 is 2.60 bits per heavy atom. The van der Waals surface area contributed by atoms with Crippen molar-refractivity contribution >= 4 is 19.1 Å². The average molecular weight is 682 g/mol. The highest BCUT2D eigenvalue weighted by Crippen LogP contribution is 2.46. The summed E-state index contributed by atoms with van der Waals surface area (Å²) in [5.74, 6) is -0.118. The molecule has 2 aliphatic rings. The number of fused-ring (bicyclic) bond motifs is 1. The minimum Gasteiger partial charge on any atom is -0.474 e. The zero-order valence-electron chi connectivity index (χ0n) is 27.6. The van der Waals surface area contributed by atoms with Crippen molar-refractivity contribution in [3.05, 3.63) is 60.3 Å². The minimum atomic E-state index is -4.62. The second-order valence-corrected chi connectivity index (χ2v) is 19.9. The zero-order valence-corrected chi connectivity index (χ0v) is 28.6. The van der Waals surface area contributed by atoms with Crippen LogP contribution in [0.1, 0.15) is 43.4 Å². The highest BCUT2D eigenvalue weighted by molar-refractivity contribution is 6.76. The molecule has 1 saturated carbocycles. The Labute approximate surface area is 279 Å². The Morgan fingerprint density at radius 1 is 1.15 bits per heavy atom. The Balaban J connectivity index is 1.08. The molecule has 256 valence electrons. The normalized spacial score (nSPS) is 20.9. The van der Waals surface area contributed by atoms with Gasteiger partial charge in [-0.25, -0.2) is 9.97 Å². The number of alkyl halides is 3. The van der Waals surface area contributed by atoms with E-state index in [0.717, 1.165) is 66.8 Å². The second kappa shape index (κ2) is 13.6. The maximum Gasteiger partial charge on any atom is 0.433 e. The Morgan fingerprint density at radius 2 is 1.92 bits per heavy atom. The SMILES string of the molecule is C[Si](C)(C)CCOCn1ccc2c(-c3cnn([C@]4(CC#N)C[C@H](N5CCC(Oc6cc(CO)cc(C(F)(F)F)n6)CC5)C4)c3)ccnc21. The molecule has 0 atom stereocenters. The molecular formula is C34H42F3N7O3Si. The van der Waals surface area contributed by atoms with Crippen LogP contribution in [0.4, 0.5) is 13.2 Å². The molecule has 0 spiro atoms. The number of likely N-dealkylation sites (tertiary alicyclic amines) is 1. The summed E-state index contributed by atoms with van der Waals surface area (Å²) in [6, 6.07) is 10.00.